The molecule has 1 spiro atoms. The van der Waals surface area contributed by atoms with Crippen LogP contribution < -0.4 is 0 Å². The van der Waals surface area contributed by atoms with Gasteiger partial charge in [0, 0.05) is 31.2 Å². The Bertz CT molecular complexity index is 475. The van der Waals surface area contributed by atoms with E-state index in [4.69, 9.17) is 13.9 Å². The van der Waals surface area contributed by atoms with Gasteiger partial charge in [0.25, 0.3) is 0 Å². The molecule has 3 aliphatic rings. The first-order valence-electron chi connectivity index (χ1n) is 9.23. The van der Waals surface area contributed by atoms with Crippen LogP contribution in [-0.2, 0) is 16.0 Å². The van der Waals surface area contributed by atoms with Gasteiger partial charge in [-0.05, 0) is 62.6 Å². The molecule has 4 heteroatoms. The number of furan rings is 1. The molecule has 1 saturated carbocycles. The van der Waals surface area contributed by atoms with Crippen molar-refractivity contribution >= 4 is 0 Å². The summed E-state index contributed by atoms with van der Waals surface area (Å²) < 4.78 is 17.0. The van der Waals surface area contributed by atoms with Crippen LogP contribution >= 0.6 is 0 Å². The van der Waals surface area contributed by atoms with Gasteiger partial charge >= 0.3 is 0 Å². The summed E-state index contributed by atoms with van der Waals surface area (Å²) in [6, 6.07) is 2.08. The van der Waals surface area contributed by atoms with Crippen molar-refractivity contribution in [3.63, 3.8) is 0 Å². The molecule has 2 saturated heterocycles. The minimum absolute atomic E-state index is 0.453. The first kappa shape index (κ1) is 15.7. The van der Waals surface area contributed by atoms with Crippen LogP contribution in [0.1, 0.15) is 37.7 Å². The highest BCUT2D eigenvalue weighted by Crippen LogP contribution is 2.45. The maximum Gasteiger partial charge on any atom is 0.0947 e. The summed E-state index contributed by atoms with van der Waals surface area (Å²) in [5.74, 6) is 1.44. The van der Waals surface area contributed by atoms with Gasteiger partial charge in [-0.3, -0.25) is 4.90 Å². The lowest BCUT2D eigenvalue weighted by Crippen LogP contribution is -2.49. The Kier molecular flexibility index (Phi) is 4.74. The fourth-order valence-electron chi connectivity index (χ4n) is 4.22. The molecule has 0 aromatic carbocycles. The van der Waals surface area contributed by atoms with Crippen LogP contribution in [0.25, 0.3) is 0 Å². The van der Waals surface area contributed by atoms with Gasteiger partial charge in [-0.1, -0.05) is 0 Å². The predicted molar refractivity (Wildman–Crippen MR) is 88.1 cm³/mol. The fraction of sp³-hybridized carbons (Fsp3) is 0.789. The lowest BCUT2D eigenvalue weighted by Gasteiger charge is -2.49. The van der Waals surface area contributed by atoms with Gasteiger partial charge in [-0.15, -0.1) is 0 Å². The van der Waals surface area contributed by atoms with Gasteiger partial charge in [0.15, 0.2) is 0 Å². The van der Waals surface area contributed by atoms with Gasteiger partial charge in [0.2, 0.25) is 0 Å². The van der Waals surface area contributed by atoms with E-state index in [9.17, 15) is 0 Å². The highest BCUT2D eigenvalue weighted by molar-refractivity contribution is 5.05. The Hall–Kier alpha value is -0.840. The summed E-state index contributed by atoms with van der Waals surface area (Å²) >= 11 is 0. The zero-order valence-electron chi connectivity index (χ0n) is 14.0. The van der Waals surface area contributed by atoms with Gasteiger partial charge in [0.05, 0.1) is 25.7 Å². The molecule has 2 aliphatic heterocycles. The summed E-state index contributed by atoms with van der Waals surface area (Å²) in [7, 11) is 0. The highest BCUT2D eigenvalue weighted by atomic mass is 16.5. The summed E-state index contributed by atoms with van der Waals surface area (Å²) in [5.41, 5.74) is 1.74. The Labute approximate surface area is 139 Å². The Morgan fingerprint density at radius 1 is 1.17 bits per heavy atom. The normalized spacial score (nSPS) is 28.3. The van der Waals surface area contributed by atoms with Crippen molar-refractivity contribution in [1.29, 1.82) is 0 Å². The molecule has 1 atom stereocenters. The zero-order valence-corrected chi connectivity index (χ0v) is 14.0. The molecule has 1 aliphatic carbocycles. The molecule has 4 nitrogen and oxygen atoms in total. The minimum atomic E-state index is 0.453. The van der Waals surface area contributed by atoms with E-state index in [1.54, 1.807) is 6.26 Å². The smallest absolute Gasteiger partial charge is 0.0947 e. The van der Waals surface area contributed by atoms with Gasteiger partial charge in [-0.2, -0.15) is 0 Å². The summed E-state index contributed by atoms with van der Waals surface area (Å²) in [5, 5.41) is 0. The van der Waals surface area contributed by atoms with E-state index < -0.39 is 0 Å². The van der Waals surface area contributed by atoms with Gasteiger partial charge in [0.1, 0.15) is 0 Å². The molecule has 0 unspecified atom stereocenters. The highest BCUT2D eigenvalue weighted by Gasteiger charge is 2.43. The van der Waals surface area contributed by atoms with Gasteiger partial charge in [-0.25, -0.2) is 0 Å². The Morgan fingerprint density at radius 2 is 2.04 bits per heavy atom. The van der Waals surface area contributed by atoms with Crippen molar-refractivity contribution in [2.24, 2.45) is 17.3 Å². The van der Waals surface area contributed by atoms with Crippen molar-refractivity contribution in [2.45, 2.75) is 38.6 Å². The first-order chi connectivity index (χ1) is 11.3. The molecule has 0 N–H and O–H groups in total. The molecular formula is C19H29NO3. The molecule has 4 rings (SSSR count). The number of piperidine rings is 1. The third kappa shape index (κ3) is 3.81. The van der Waals surface area contributed by atoms with E-state index in [2.05, 4.69) is 11.0 Å². The summed E-state index contributed by atoms with van der Waals surface area (Å²) in [4.78, 5) is 2.56. The van der Waals surface area contributed by atoms with Crippen molar-refractivity contribution in [3.8, 4) is 0 Å². The molecule has 23 heavy (non-hydrogen) atoms. The second-order valence-electron chi connectivity index (χ2n) is 7.77. The average Bonchev–Trinajstić information content (AvgIpc) is 3.26. The maximum absolute atomic E-state index is 6.03. The van der Waals surface area contributed by atoms with E-state index in [1.165, 1.54) is 50.8 Å². The number of hydrogen-bond acceptors (Lipinski definition) is 4. The summed E-state index contributed by atoms with van der Waals surface area (Å²) in [6.45, 7) is 7.09. The molecule has 0 amide bonds. The lowest BCUT2D eigenvalue weighted by molar-refractivity contribution is -0.101. The number of hydrogen-bond donors (Lipinski definition) is 0. The molecule has 128 valence electrons. The van der Waals surface area contributed by atoms with E-state index in [1.807, 2.05) is 6.26 Å². The van der Waals surface area contributed by atoms with Crippen LogP contribution in [0, 0.1) is 17.3 Å². The van der Waals surface area contributed by atoms with Crippen molar-refractivity contribution in [3.05, 3.63) is 24.2 Å². The number of rotatable bonds is 6. The molecule has 0 radical (unpaired) electrons. The van der Waals surface area contributed by atoms with Crippen molar-refractivity contribution in [2.75, 3.05) is 39.5 Å². The number of nitrogens with zero attached hydrogens (tertiary/aromatic N) is 1. The predicted octanol–water partition coefficient (Wildman–Crippen LogP) is 3.32. The summed E-state index contributed by atoms with van der Waals surface area (Å²) in [6.07, 6.45) is 10.2. The van der Waals surface area contributed by atoms with Crippen LogP contribution in [0.5, 0.6) is 0 Å². The molecule has 1 aromatic heterocycles. The SMILES string of the molecule is c1cc(CN2CCC3(CCOC[C@@H]3COCC3CC3)CC2)co1. The molecular weight excluding hydrogens is 290 g/mol. The van der Waals surface area contributed by atoms with E-state index in [0.717, 1.165) is 38.9 Å². The molecule has 1 aromatic rings. The first-order valence-corrected chi connectivity index (χ1v) is 9.23. The second-order valence-corrected chi connectivity index (χ2v) is 7.77. The monoisotopic (exact) mass is 319 g/mol. The van der Waals surface area contributed by atoms with Crippen molar-refractivity contribution < 1.29 is 13.9 Å². The molecule has 3 heterocycles. The maximum atomic E-state index is 6.03. The van der Waals surface area contributed by atoms with Crippen LogP contribution in [0.2, 0.25) is 0 Å². The van der Waals surface area contributed by atoms with Crippen LogP contribution in [0.4, 0.5) is 0 Å². The van der Waals surface area contributed by atoms with Crippen LogP contribution in [0.15, 0.2) is 23.0 Å². The second kappa shape index (κ2) is 6.96. The van der Waals surface area contributed by atoms with E-state index >= 15 is 0 Å². The van der Waals surface area contributed by atoms with E-state index in [0.29, 0.717) is 11.3 Å². The molecule has 3 fully saturated rings. The lowest BCUT2D eigenvalue weighted by atomic mass is 9.66. The standard InChI is InChI=1S/C19H29NO3/c1-2-16(1)12-23-15-18-14-22-10-6-19(18)4-7-20(8-5-19)11-17-3-9-21-13-17/h3,9,13,16,18H,1-2,4-8,10-12,14-15H2/t18-/m1/s1. The van der Waals surface area contributed by atoms with Crippen molar-refractivity contribution in [1.82, 2.24) is 4.90 Å². The minimum Gasteiger partial charge on any atom is -0.472 e. The fourth-order valence-corrected chi connectivity index (χ4v) is 4.22. The Balaban J connectivity index is 1.30. The zero-order chi connectivity index (χ0) is 15.5. The average molecular weight is 319 g/mol. The molecule has 0 bridgehead atoms. The van der Waals surface area contributed by atoms with Crippen LogP contribution in [-0.4, -0.2) is 44.4 Å². The topological polar surface area (TPSA) is 34.8 Å². The largest absolute Gasteiger partial charge is 0.472 e. The third-order valence-corrected chi connectivity index (χ3v) is 6.14. The number of ether oxygens (including phenoxy) is 2. The Morgan fingerprint density at radius 3 is 2.78 bits per heavy atom. The third-order valence-electron chi connectivity index (χ3n) is 6.14. The van der Waals surface area contributed by atoms with Crippen LogP contribution in [0.3, 0.4) is 0 Å². The quantitative estimate of drug-likeness (QED) is 0.805. The number of likely N-dealkylation sites (tertiary alicyclic amines) is 1. The van der Waals surface area contributed by atoms with E-state index in [-0.39, 0.29) is 0 Å². The van der Waals surface area contributed by atoms with Gasteiger partial charge < -0.3 is 13.9 Å².